The van der Waals surface area contributed by atoms with E-state index < -0.39 is 0 Å². The predicted molar refractivity (Wildman–Crippen MR) is 64.9 cm³/mol. The Kier molecular flexibility index (Phi) is 4.58. The minimum Gasteiger partial charge on any atom is -0.469 e. The maximum absolute atomic E-state index is 12.3. The highest BCUT2D eigenvalue weighted by Crippen LogP contribution is 2.22. The number of nitrogens with zero attached hydrogens (tertiary/aromatic N) is 1. The molecule has 2 atom stereocenters. The Labute approximate surface area is 107 Å². The Morgan fingerprint density at radius 2 is 2.00 bits per heavy atom. The molecule has 102 valence electrons. The summed E-state index contributed by atoms with van der Waals surface area (Å²) in [5.74, 6) is -0.233. The minimum atomic E-state index is -0.201. The number of carbonyl (C=O) groups is 2. The van der Waals surface area contributed by atoms with Gasteiger partial charge in [-0.3, -0.25) is 9.59 Å². The smallest absolute Gasteiger partial charge is 0.310 e. The number of piperidine rings is 1. The molecular weight excluding hydrogens is 234 g/mol. The van der Waals surface area contributed by atoms with Crippen LogP contribution in [0.3, 0.4) is 0 Å². The maximum atomic E-state index is 12.3. The number of likely N-dealkylation sites (tertiary alicyclic amines) is 1. The van der Waals surface area contributed by atoms with Crippen LogP contribution in [0.1, 0.15) is 25.7 Å². The molecule has 0 aliphatic carbocycles. The molecule has 2 aliphatic heterocycles. The third-order valence-electron chi connectivity index (χ3n) is 3.78. The van der Waals surface area contributed by atoms with Gasteiger partial charge in [0.1, 0.15) is 0 Å². The number of esters is 1. The lowest BCUT2D eigenvalue weighted by Crippen LogP contribution is -2.46. The summed E-state index contributed by atoms with van der Waals surface area (Å²) in [5.41, 5.74) is 0. The number of carbonyl (C=O) groups excluding carboxylic acids is 2. The minimum absolute atomic E-state index is 0.0184. The van der Waals surface area contributed by atoms with E-state index in [0.717, 1.165) is 38.8 Å². The van der Waals surface area contributed by atoms with Crippen molar-refractivity contribution in [2.45, 2.75) is 25.7 Å². The molecule has 5 nitrogen and oxygen atoms in total. The first kappa shape index (κ1) is 13.3. The van der Waals surface area contributed by atoms with Gasteiger partial charge in [-0.25, -0.2) is 0 Å². The lowest BCUT2D eigenvalue weighted by Gasteiger charge is -2.34. The zero-order valence-electron chi connectivity index (χ0n) is 10.9. The molecule has 2 unspecified atom stereocenters. The molecule has 2 fully saturated rings. The first-order valence-electron chi connectivity index (χ1n) is 6.66. The van der Waals surface area contributed by atoms with Crippen molar-refractivity contribution in [2.24, 2.45) is 11.8 Å². The zero-order valence-corrected chi connectivity index (χ0v) is 10.9. The Hall–Kier alpha value is -1.10. The quantitative estimate of drug-likeness (QED) is 0.686. The fraction of sp³-hybridized carbons (Fsp3) is 0.846. The molecule has 0 spiro atoms. The summed E-state index contributed by atoms with van der Waals surface area (Å²) in [6, 6.07) is 0. The number of hydrogen-bond donors (Lipinski definition) is 0. The van der Waals surface area contributed by atoms with Crippen LogP contribution in [-0.2, 0) is 19.1 Å². The van der Waals surface area contributed by atoms with Crippen LogP contribution in [0.25, 0.3) is 0 Å². The highest BCUT2D eigenvalue weighted by Gasteiger charge is 2.32. The molecule has 2 aliphatic rings. The van der Waals surface area contributed by atoms with Crippen molar-refractivity contribution >= 4 is 11.9 Å². The third-order valence-corrected chi connectivity index (χ3v) is 3.78. The normalized spacial score (nSPS) is 28.8. The van der Waals surface area contributed by atoms with Gasteiger partial charge in [-0.15, -0.1) is 0 Å². The molecule has 0 aromatic heterocycles. The van der Waals surface area contributed by atoms with E-state index >= 15 is 0 Å². The molecular formula is C13H21NO4. The van der Waals surface area contributed by atoms with Gasteiger partial charge in [0.15, 0.2) is 0 Å². The second-order valence-corrected chi connectivity index (χ2v) is 5.06. The highest BCUT2D eigenvalue weighted by atomic mass is 16.5. The van der Waals surface area contributed by atoms with Crippen molar-refractivity contribution < 1.29 is 19.1 Å². The fourth-order valence-corrected chi connectivity index (χ4v) is 2.73. The molecule has 2 heterocycles. The van der Waals surface area contributed by atoms with E-state index in [4.69, 9.17) is 9.47 Å². The second kappa shape index (κ2) is 6.18. The van der Waals surface area contributed by atoms with Gasteiger partial charge in [0.05, 0.1) is 25.6 Å². The van der Waals surface area contributed by atoms with Crippen molar-refractivity contribution in [3.05, 3.63) is 0 Å². The summed E-state index contributed by atoms with van der Waals surface area (Å²) in [7, 11) is 1.40. The van der Waals surface area contributed by atoms with E-state index in [-0.39, 0.29) is 23.7 Å². The van der Waals surface area contributed by atoms with Gasteiger partial charge in [-0.2, -0.15) is 0 Å². The van der Waals surface area contributed by atoms with Crippen LogP contribution in [0.5, 0.6) is 0 Å². The maximum Gasteiger partial charge on any atom is 0.310 e. The van der Waals surface area contributed by atoms with E-state index in [2.05, 4.69) is 0 Å². The van der Waals surface area contributed by atoms with E-state index in [1.54, 1.807) is 0 Å². The average molecular weight is 255 g/mol. The molecule has 0 bridgehead atoms. The van der Waals surface area contributed by atoms with E-state index in [9.17, 15) is 9.59 Å². The monoisotopic (exact) mass is 255 g/mol. The Bertz CT molecular complexity index is 312. The van der Waals surface area contributed by atoms with Gasteiger partial charge in [0, 0.05) is 19.7 Å². The molecule has 0 aromatic carbocycles. The number of rotatable bonds is 2. The summed E-state index contributed by atoms with van der Waals surface area (Å²) in [5, 5.41) is 0. The summed E-state index contributed by atoms with van der Waals surface area (Å²) in [4.78, 5) is 25.6. The molecule has 0 aromatic rings. The van der Waals surface area contributed by atoms with Crippen LogP contribution in [0.2, 0.25) is 0 Å². The summed E-state index contributed by atoms with van der Waals surface area (Å²) in [6.07, 6.45) is 3.54. The lowest BCUT2D eigenvalue weighted by molar-refractivity contribution is -0.150. The van der Waals surface area contributed by atoms with Crippen LogP contribution in [0.15, 0.2) is 0 Å². The molecule has 2 saturated heterocycles. The average Bonchev–Trinajstić information content (AvgIpc) is 2.46. The van der Waals surface area contributed by atoms with Crippen molar-refractivity contribution in [3.63, 3.8) is 0 Å². The largest absolute Gasteiger partial charge is 0.469 e. The lowest BCUT2D eigenvalue weighted by atomic mass is 9.95. The first-order valence-corrected chi connectivity index (χ1v) is 6.66. The molecule has 0 N–H and O–H groups in total. The topological polar surface area (TPSA) is 55.8 Å². The highest BCUT2D eigenvalue weighted by molar-refractivity contribution is 5.80. The first-order chi connectivity index (χ1) is 8.72. The predicted octanol–water partition coefficient (Wildman–Crippen LogP) is 0.825. The summed E-state index contributed by atoms with van der Waals surface area (Å²) >= 11 is 0. The molecule has 2 rings (SSSR count). The SMILES string of the molecule is COC(=O)C1CCCN(C(=O)C2CCCOC2)C1. The van der Waals surface area contributed by atoms with Crippen LogP contribution in [0, 0.1) is 11.8 Å². The molecule has 18 heavy (non-hydrogen) atoms. The number of hydrogen-bond acceptors (Lipinski definition) is 4. The molecule has 0 radical (unpaired) electrons. The van der Waals surface area contributed by atoms with Gasteiger partial charge in [0.25, 0.3) is 0 Å². The Morgan fingerprint density at radius 3 is 2.67 bits per heavy atom. The second-order valence-electron chi connectivity index (χ2n) is 5.06. The van der Waals surface area contributed by atoms with Crippen LogP contribution >= 0.6 is 0 Å². The molecule has 0 saturated carbocycles. The van der Waals surface area contributed by atoms with Crippen LogP contribution in [0.4, 0.5) is 0 Å². The standard InChI is InChI=1S/C13H21NO4/c1-17-13(16)10-4-2-6-14(8-10)12(15)11-5-3-7-18-9-11/h10-11H,2-9H2,1H3. The van der Waals surface area contributed by atoms with Gasteiger partial charge < -0.3 is 14.4 Å². The number of methoxy groups -OCH3 is 1. The Morgan fingerprint density at radius 1 is 1.22 bits per heavy atom. The van der Waals surface area contributed by atoms with Crippen molar-refractivity contribution in [3.8, 4) is 0 Å². The summed E-state index contributed by atoms with van der Waals surface area (Å²) in [6.45, 7) is 2.54. The van der Waals surface area contributed by atoms with Gasteiger partial charge in [0.2, 0.25) is 5.91 Å². The van der Waals surface area contributed by atoms with Crippen molar-refractivity contribution in [1.29, 1.82) is 0 Å². The number of amides is 1. The van der Waals surface area contributed by atoms with Crippen molar-refractivity contribution in [1.82, 2.24) is 4.90 Å². The fourth-order valence-electron chi connectivity index (χ4n) is 2.73. The van der Waals surface area contributed by atoms with E-state index in [1.807, 2.05) is 4.90 Å². The van der Waals surface area contributed by atoms with E-state index in [0.29, 0.717) is 13.2 Å². The summed E-state index contributed by atoms with van der Waals surface area (Å²) < 4.78 is 10.1. The molecule has 5 heteroatoms. The van der Waals surface area contributed by atoms with Crippen LogP contribution in [-0.4, -0.2) is 50.2 Å². The number of ether oxygens (including phenoxy) is 2. The van der Waals surface area contributed by atoms with Crippen molar-refractivity contribution in [2.75, 3.05) is 33.4 Å². The zero-order chi connectivity index (χ0) is 13.0. The van der Waals surface area contributed by atoms with Gasteiger partial charge in [-0.05, 0) is 25.7 Å². The molecule has 1 amide bonds. The Balaban J connectivity index is 1.91. The van der Waals surface area contributed by atoms with Gasteiger partial charge in [-0.1, -0.05) is 0 Å². The van der Waals surface area contributed by atoms with E-state index in [1.165, 1.54) is 7.11 Å². The van der Waals surface area contributed by atoms with Gasteiger partial charge >= 0.3 is 5.97 Å². The third kappa shape index (κ3) is 3.02. The van der Waals surface area contributed by atoms with Crippen LogP contribution < -0.4 is 0 Å².